The highest BCUT2D eigenvalue weighted by molar-refractivity contribution is 6.29. The lowest BCUT2D eigenvalue weighted by molar-refractivity contribution is -0.118. The zero-order chi connectivity index (χ0) is 64.9. The summed E-state index contributed by atoms with van der Waals surface area (Å²) in [5.41, 5.74) is 7.91. The molecule has 8 heterocycles. The lowest BCUT2D eigenvalue weighted by Crippen LogP contribution is -2.45. The number of carbonyl (C=O) groups is 4. The molecule has 17 heteroatoms. The van der Waals surface area contributed by atoms with Crippen molar-refractivity contribution in [2.75, 3.05) is 68.3 Å². The van der Waals surface area contributed by atoms with E-state index >= 15 is 0 Å². The summed E-state index contributed by atoms with van der Waals surface area (Å²) >= 11 is 5.89. The molecule has 13 rings (SSSR count). The van der Waals surface area contributed by atoms with Crippen molar-refractivity contribution >= 4 is 52.9 Å². The predicted molar refractivity (Wildman–Crippen MR) is 366 cm³/mol. The van der Waals surface area contributed by atoms with Gasteiger partial charge in [-0.05, 0) is 229 Å². The summed E-state index contributed by atoms with van der Waals surface area (Å²) in [5, 5.41) is 12.6. The lowest BCUT2D eigenvalue weighted by atomic mass is 9.75. The number of anilines is 3. The van der Waals surface area contributed by atoms with Crippen LogP contribution in [0.25, 0.3) is 0 Å². The lowest BCUT2D eigenvalue weighted by Gasteiger charge is -2.40. The highest BCUT2D eigenvalue weighted by Gasteiger charge is 2.38. The summed E-state index contributed by atoms with van der Waals surface area (Å²) in [6, 6.07) is 37.5. The van der Waals surface area contributed by atoms with Gasteiger partial charge in [-0.2, -0.15) is 0 Å². The second-order valence-corrected chi connectivity index (χ2v) is 29.3. The Kier molecular flexibility index (Phi) is 22.3. The van der Waals surface area contributed by atoms with Crippen molar-refractivity contribution in [2.45, 2.75) is 179 Å². The molecular weight excluding hydrogens is 1170 g/mol. The van der Waals surface area contributed by atoms with E-state index in [0.717, 1.165) is 135 Å². The first-order valence-corrected chi connectivity index (χ1v) is 34.1. The van der Waals surface area contributed by atoms with Crippen LogP contribution in [0.5, 0.6) is 0 Å². The van der Waals surface area contributed by atoms with Gasteiger partial charge < -0.3 is 30.9 Å². The van der Waals surface area contributed by atoms with Crippen LogP contribution in [0.3, 0.4) is 0 Å². The fraction of sp³-hybridized carbons (Fsp3) is 0.520. The number of likely N-dealkylation sites (tertiary alicyclic amines) is 3. The highest BCUT2D eigenvalue weighted by Crippen LogP contribution is 2.40. The molecule has 4 amide bonds. The molecule has 7 aliphatic rings. The summed E-state index contributed by atoms with van der Waals surface area (Å²) in [7, 11) is 0. The van der Waals surface area contributed by atoms with Crippen LogP contribution in [0, 0.1) is 17.8 Å². The van der Waals surface area contributed by atoms with Crippen molar-refractivity contribution in [3.63, 3.8) is 0 Å². The Morgan fingerprint density at radius 3 is 1.10 bits per heavy atom. The fourth-order valence-corrected chi connectivity index (χ4v) is 12.8. The van der Waals surface area contributed by atoms with Crippen LogP contribution >= 0.6 is 11.6 Å². The van der Waals surface area contributed by atoms with Gasteiger partial charge in [0.05, 0.1) is 0 Å². The molecule has 0 unspecified atom stereocenters. The maximum Gasteiger partial charge on any atom is 0.410 e. The minimum Gasteiger partial charge on any atom is -0.444 e. The van der Waals surface area contributed by atoms with Crippen molar-refractivity contribution < 1.29 is 23.9 Å². The molecule has 3 aliphatic carbocycles. The van der Waals surface area contributed by atoms with Gasteiger partial charge in [-0.3, -0.25) is 24.2 Å². The quantitative estimate of drug-likeness (QED) is 0.0757. The van der Waals surface area contributed by atoms with Crippen LogP contribution in [0.15, 0.2) is 134 Å². The Balaban J connectivity index is 0.000000135. The first-order chi connectivity index (χ1) is 44.1. The third-order valence-corrected chi connectivity index (χ3v) is 20.3. The molecule has 0 radical (unpaired) electrons. The van der Waals surface area contributed by atoms with Crippen LogP contribution < -0.4 is 21.3 Å². The van der Waals surface area contributed by atoms with Gasteiger partial charge in [0.25, 0.3) is 0 Å². The molecular formula is C75H98ClN11O5. The molecule has 490 valence electrons. The van der Waals surface area contributed by atoms with Crippen molar-refractivity contribution in [1.29, 1.82) is 0 Å². The van der Waals surface area contributed by atoms with Gasteiger partial charge in [0.2, 0.25) is 17.7 Å². The van der Waals surface area contributed by atoms with Crippen molar-refractivity contribution in [2.24, 2.45) is 17.8 Å². The highest BCUT2D eigenvalue weighted by atomic mass is 35.5. The Morgan fingerprint density at radius 1 is 0.467 bits per heavy atom. The van der Waals surface area contributed by atoms with E-state index in [0.29, 0.717) is 35.7 Å². The molecule has 4 N–H and O–H groups in total. The van der Waals surface area contributed by atoms with Gasteiger partial charge in [0.15, 0.2) is 0 Å². The van der Waals surface area contributed by atoms with E-state index in [1.165, 1.54) is 40.7 Å². The first-order valence-electron chi connectivity index (χ1n) is 33.8. The van der Waals surface area contributed by atoms with Gasteiger partial charge in [-0.15, -0.1) is 0 Å². The number of pyridine rings is 4. The van der Waals surface area contributed by atoms with E-state index in [1.807, 2.05) is 75.9 Å². The molecule has 2 aromatic carbocycles. The SMILES string of the molecule is CC(C)(C)OC(=O)N1CCC(C)(c2ccc(NC(=O)C3CC3)nc2)CC1.CC1(c2ccc(Cl)nc2)CCN(Cc2ccccc2)CC1.CC1(c2ccc(NC(=O)C3CC3)nc2)CCN(Cc2ccccc2)CC1.CC1(c2ccc(NC(=O)C3CC3)nc2)CCNCC1. The molecule has 6 aromatic rings. The van der Waals surface area contributed by atoms with Gasteiger partial charge in [-0.1, -0.05) is 124 Å². The average Bonchev–Trinajstić information content (AvgIpc) is 1.48. The molecule has 0 atom stereocenters. The van der Waals surface area contributed by atoms with E-state index in [1.54, 1.807) is 4.90 Å². The van der Waals surface area contributed by atoms with E-state index < -0.39 is 5.60 Å². The molecule has 16 nitrogen and oxygen atoms in total. The summed E-state index contributed by atoms with van der Waals surface area (Å²) in [6.07, 6.45) is 22.1. The van der Waals surface area contributed by atoms with E-state index in [9.17, 15) is 19.2 Å². The van der Waals surface area contributed by atoms with Crippen LogP contribution in [0.1, 0.15) is 172 Å². The summed E-state index contributed by atoms with van der Waals surface area (Å²) < 4.78 is 5.46. The maximum absolute atomic E-state index is 12.2. The number of amides is 4. The van der Waals surface area contributed by atoms with Crippen molar-refractivity contribution in [3.05, 3.63) is 173 Å². The monoisotopic (exact) mass is 1270 g/mol. The smallest absolute Gasteiger partial charge is 0.410 e. The molecule has 0 spiro atoms. The second kappa shape index (κ2) is 30.3. The third-order valence-electron chi connectivity index (χ3n) is 20.0. The second-order valence-electron chi connectivity index (χ2n) is 28.9. The van der Waals surface area contributed by atoms with Gasteiger partial charge in [0, 0.05) is 68.7 Å². The molecule has 4 saturated heterocycles. The Hall–Kier alpha value is -7.11. The molecule has 4 aliphatic heterocycles. The van der Waals surface area contributed by atoms with Crippen molar-refractivity contribution in [3.8, 4) is 0 Å². The average molecular weight is 1270 g/mol. The Labute approximate surface area is 551 Å². The molecule has 4 aromatic heterocycles. The number of piperidine rings is 4. The standard InChI is InChI=1S/C22H27N3O.C20H29N3O3.C18H21ClN2.C15H21N3O/c1-22(11-13-25(14-12-22)16-17-5-3-2-4-6-17)19-9-10-20(23-15-19)24-21(26)18-7-8-18;1-19(2,3)26-18(25)23-11-9-20(4,10-12-23)15-7-8-16(21-13-15)22-17(24)14-5-6-14;1-18(16-7-8-17(19)20-13-16)9-11-21(12-10-18)14-15-5-3-2-4-6-15;1-15(6-8-16-9-7-15)12-4-5-13(17-10-12)18-14(19)11-2-3-11/h2-6,9-10,15,18H,7-8,11-14,16H2,1H3,(H,23,24,26);7-8,13-14H,5-6,9-12H2,1-4H3,(H,21,22,24);2-8,13H,9-12,14H2,1H3;4-5,10-11,16H,2-3,6-9H2,1H3,(H,17,18,19). The van der Waals surface area contributed by atoms with Crippen LogP contribution in [0.2, 0.25) is 5.15 Å². The summed E-state index contributed by atoms with van der Waals surface area (Å²) in [4.78, 5) is 72.0. The molecule has 7 fully saturated rings. The van der Waals surface area contributed by atoms with Gasteiger partial charge in [0.1, 0.15) is 28.2 Å². The van der Waals surface area contributed by atoms with Crippen molar-refractivity contribution in [1.82, 2.24) is 40.0 Å². The predicted octanol–water partition coefficient (Wildman–Crippen LogP) is 14.1. The number of hydrogen-bond acceptors (Lipinski definition) is 12. The van der Waals surface area contributed by atoms with Gasteiger partial charge >= 0.3 is 6.09 Å². The summed E-state index contributed by atoms with van der Waals surface area (Å²) in [6.45, 7) is 24.9. The Bertz CT molecular complexity index is 3340. The fourth-order valence-electron chi connectivity index (χ4n) is 12.7. The zero-order valence-corrected chi connectivity index (χ0v) is 56.2. The largest absolute Gasteiger partial charge is 0.444 e. The van der Waals surface area contributed by atoms with Crippen LogP contribution in [-0.4, -0.2) is 116 Å². The first kappa shape index (κ1) is 67.8. The number of ether oxygens (including phenoxy) is 1. The number of rotatable bonds is 14. The van der Waals surface area contributed by atoms with E-state index in [-0.39, 0.29) is 63.2 Å². The number of nitrogens with one attached hydrogen (secondary N) is 4. The topological polar surface area (TPSA) is 187 Å². The number of hydrogen-bond donors (Lipinski definition) is 4. The molecule has 3 saturated carbocycles. The number of benzene rings is 2. The molecule has 92 heavy (non-hydrogen) atoms. The summed E-state index contributed by atoms with van der Waals surface area (Å²) in [5.74, 6) is 2.88. The third kappa shape index (κ3) is 19.5. The number of nitrogens with zero attached hydrogens (tertiary/aromatic N) is 7. The Morgan fingerprint density at radius 2 is 0.793 bits per heavy atom. The van der Waals surface area contributed by atoms with E-state index in [4.69, 9.17) is 16.3 Å². The number of halogens is 1. The number of carbonyl (C=O) groups excluding carboxylic acids is 4. The van der Waals surface area contributed by atoms with Gasteiger partial charge in [-0.25, -0.2) is 24.7 Å². The minimum absolute atomic E-state index is 0.0233. The zero-order valence-electron chi connectivity index (χ0n) is 55.5. The normalized spacial score (nSPS) is 20.0. The van der Waals surface area contributed by atoms with Crippen LogP contribution in [-0.2, 0) is 53.9 Å². The van der Waals surface area contributed by atoms with E-state index in [2.05, 4.69) is 158 Å². The number of aromatic nitrogens is 4. The molecule has 0 bridgehead atoms. The van der Waals surface area contributed by atoms with Crippen LogP contribution in [0.4, 0.5) is 22.2 Å². The maximum atomic E-state index is 12.2. The minimum atomic E-state index is -0.470.